The Morgan fingerprint density at radius 2 is 2.24 bits per heavy atom. The number of allylic oxidation sites excluding steroid dienone is 1. The minimum atomic E-state index is -0.193. The molecule has 130 valence electrons. The van der Waals surface area contributed by atoms with E-state index in [0.717, 1.165) is 41.7 Å². The van der Waals surface area contributed by atoms with Crippen LogP contribution in [0.1, 0.15) is 53.7 Å². The minimum absolute atomic E-state index is 0.193. The predicted molar refractivity (Wildman–Crippen MR) is 94.5 cm³/mol. The molecule has 0 radical (unpaired) electrons. The largest absolute Gasteiger partial charge is 0.488 e. The van der Waals surface area contributed by atoms with Gasteiger partial charge in [-0.15, -0.1) is 0 Å². The molecule has 2 aliphatic rings. The van der Waals surface area contributed by atoms with E-state index in [2.05, 4.69) is 16.5 Å². The fourth-order valence-corrected chi connectivity index (χ4v) is 3.48. The van der Waals surface area contributed by atoms with E-state index >= 15 is 0 Å². The Kier molecular flexibility index (Phi) is 4.30. The Morgan fingerprint density at radius 1 is 1.32 bits per heavy atom. The maximum atomic E-state index is 12.5. The molecule has 0 saturated heterocycles. The third-order valence-electron chi connectivity index (χ3n) is 4.87. The summed E-state index contributed by atoms with van der Waals surface area (Å²) in [5.74, 6) is 1.22. The topological polar surface area (TPSA) is 64.4 Å². The molecule has 5 heteroatoms. The van der Waals surface area contributed by atoms with Crippen molar-refractivity contribution in [3.05, 3.63) is 46.7 Å². The van der Waals surface area contributed by atoms with Gasteiger partial charge in [0, 0.05) is 6.54 Å². The molecule has 2 heterocycles. The second-order valence-corrected chi connectivity index (χ2v) is 6.74. The van der Waals surface area contributed by atoms with Crippen LogP contribution in [0, 0.1) is 6.92 Å². The molecule has 1 amide bonds. The zero-order chi connectivity index (χ0) is 17.2. The Labute approximate surface area is 147 Å². The summed E-state index contributed by atoms with van der Waals surface area (Å²) in [5, 5.41) is 6.97. The number of aryl methyl sites for hydroxylation is 1. The number of rotatable bonds is 4. The van der Waals surface area contributed by atoms with Crippen LogP contribution in [0.25, 0.3) is 11.3 Å². The summed E-state index contributed by atoms with van der Waals surface area (Å²) in [6.45, 7) is 2.95. The van der Waals surface area contributed by atoms with Crippen LogP contribution in [0.2, 0.25) is 0 Å². The molecule has 5 nitrogen and oxygen atoms in total. The lowest BCUT2D eigenvalue weighted by molar-refractivity contribution is 0.0943. The van der Waals surface area contributed by atoms with Gasteiger partial charge in [0.15, 0.2) is 11.5 Å². The highest BCUT2D eigenvalue weighted by atomic mass is 16.5. The molecule has 1 aliphatic carbocycles. The van der Waals surface area contributed by atoms with E-state index in [1.165, 1.54) is 18.4 Å². The highest BCUT2D eigenvalue weighted by molar-refractivity contribution is 5.95. The van der Waals surface area contributed by atoms with Gasteiger partial charge in [-0.25, -0.2) is 0 Å². The van der Waals surface area contributed by atoms with Gasteiger partial charge in [-0.3, -0.25) is 4.79 Å². The maximum absolute atomic E-state index is 12.5. The first-order valence-corrected chi connectivity index (χ1v) is 8.91. The zero-order valence-corrected chi connectivity index (χ0v) is 14.4. The van der Waals surface area contributed by atoms with Gasteiger partial charge >= 0.3 is 0 Å². The van der Waals surface area contributed by atoms with Crippen molar-refractivity contribution in [3.63, 3.8) is 0 Å². The summed E-state index contributed by atoms with van der Waals surface area (Å²) < 4.78 is 11.2. The molecular formula is C20H22N2O3. The third kappa shape index (κ3) is 3.18. The standard InChI is InChI=1S/C20H22N2O3/c1-13-7-8-17-15(11-13)19-16(12-24-17)18(22-25-19)20(23)21-10-9-14-5-3-2-4-6-14/h5,7-8,11H,2-4,6,9-10,12H2,1H3,(H,21,23). The van der Waals surface area contributed by atoms with Crippen molar-refractivity contribution in [2.24, 2.45) is 0 Å². The summed E-state index contributed by atoms with van der Waals surface area (Å²) in [4.78, 5) is 12.5. The zero-order valence-electron chi connectivity index (χ0n) is 14.4. The minimum Gasteiger partial charge on any atom is -0.488 e. The summed E-state index contributed by atoms with van der Waals surface area (Å²) >= 11 is 0. The Morgan fingerprint density at radius 3 is 3.08 bits per heavy atom. The molecule has 2 aromatic rings. The van der Waals surface area contributed by atoms with Gasteiger partial charge < -0.3 is 14.6 Å². The number of amides is 1. The molecule has 1 N–H and O–H groups in total. The number of nitrogens with one attached hydrogen (secondary N) is 1. The van der Waals surface area contributed by atoms with Crippen LogP contribution in [0.15, 0.2) is 34.4 Å². The van der Waals surface area contributed by atoms with Crippen molar-refractivity contribution in [2.75, 3.05) is 6.54 Å². The summed E-state index contributed by atoms with van der Waals surface area (Å²) in [6.07, 6.45) is 8.06. The third-order valence-corrected chi connectivity index (χ3v) is 4.87. The van der Waals surface area contributed by atoms with Crippen molar-refractivity contribution in [2.45, 2.75) is 45.6 Å². The SMILES string of the molecule is Cc1ccc2c(c1)-c1onc(C(=O)NCCC3=CCCCC3)c1CO2. The van der Waals surface area contributed by atoms with Gasteiger partial charge in [-0.1, -0.05) is 28.4 Å². The number of benzene rings is 1. The molecule has 0 fully saturated rings. The number of hydrogen-bond donors (Lipinski definition) is 1. The average molecular weight is 338 g/mol. The average Bonchev–Trinajstić information content (AvgIpc) is 3.07. The second kappa shape index (κ2) is 6.75. The monoisotopic (exact) mass is 338 g/mol. The molecular weight excluding hydrogens is 316 g/mol. The number of hydrogen-bond acceptors (Lipinski definition) is 4. The highest BCUT2D eigenvalue weighted by Gasteiger charge is 2.28. The predicted octanol–water partition coefficient (Wildman–Crippen LogP) is 4.16. The van der Waals surface area contributed by atoms with Crippen molar-refractivity contribution in [1.82, 2.24) is 10.5 Å². The lowest BCUT2D eigenvalue weighted by Gasteiger charge is -2.17. The van der Waals surface area contributed by atoms with Crippen molar-refractivity contribution >= 4 is 5.91 Å². The number of nitrogens with zero attached hydrogens (tertiary/aromatic N) is 1. The second-order valence-electron chi connectivity index (χ2n) is 6.74. The van der Waals surface area contributed by atoms with E-state index < -0.39 is 0 Å². The highest BCUT2D eigenvalue weighted by Crippen LogP contribution is 2.39. The van der Waals surface area contributed by atoms with E-state index in [1.807, 2.05) is 25.1 Å². The van der Waals surface area contributed by atoms with Crippen molar-refractivity contribution in [3.8, 4) is 17.1 Å². The Balaban J connectivity index is 1.47. The van der Waals surface area contributed by atoms with Crippen LogP contribution in [-0.2, 0) is 6.61 Å². The van der Waals surface area contributed by atoms with Crippen LogP contribution in [0.3, 0.4) is 0 Å². The summed E-state index contributed by atoms with van der Waals surface area (Å²) in [5.41, 5.74) is 4.48. The Bertz CT molecular complexity index is 835. The normalized spacial score (nSPS) is 15.6. The number of fused-ring (bicyclic) bond motifs is 3. The van der Waals surface area contributed by atoms with Crippen LogP contribution >= 0.6 is 0 Å². The lowest BCUT2D eigenvalue weighted by atomic mass is 9.97. The van der Waals surface area contributed by atoms with E-state index in [9.17, 15) is 4.79 Å². The smallest absolute Gasteiger partial charge is 0.273 e. The molecule has 1 aliphatic heterocycles. The van der Waals surface area contributed by atoms with Crippen LogP contribution in [0.5, 0.6) is 5.75 Å². The molecule has 4 rings (SSSR count). The maximum Gasteiger partial charge on any atom is 0.273 e. The molecule has 0 spiro atoms. The molecule has 0 bridgehead atoms. The van der Waals surface area contributed by atoms with Gasteiger partial charge in [0.25, 0.3) is 5.91 Å². The summed E-state index contributed by atoms with van der Waals surface area (Å²) in [7, 11) is 0. The molecule has 25 heavy (non-hydrogen) atoms. The number of ether oxygens (including phenoxy) is 1. The van der Waals surface area contributed by atoms with E-state index in [1.54, 1.807) is 0 Å². The van der Waals surface area contributed by atoms with Crippen molar-refractivity contribution in [1.29, 1.82) is 0 Å². The first-order chi connectivity index (χ1) is 12.2. The van der Waals surface area contributed by atoms with Gasteiger partial charge in [0.05, 0.1) is 11.1 Å². The number of carbonyl (C=O) groups is 1. The molecule has 0 atom stereocenters. The summed E-state index contributed by atoms with van der Waals surface area (Å²) in [6, 6.07) is 5.91. The van der Waals surface area contributed by atoms with E-state index in [4.69, 9.17) is 9.26 Å². The fraction of sp³-hybridized carbons (Fsp3) is 0.400. The van der Waals surface area contributed by atoms with Crippen molar-refractivity contribution < 1.29 is 14.1 Å². The van der Waals surface area contributed by atoms with Crippen LogP contribution in [0.4, 0.5) is 0 Å². The molecule has 0 saturated carbocycles. The van der Waals surface area contributed by atoms with E-state index in [-0.39, 0.29) is 5.91 Å². The number of aromatic nitrogens is 1. The molecule has 1 aromatic carbocycles. The molecule has 0 unspecified atom stereocenters. The molecule has 1 aromatic heterocycles. The van der Waals surface area contributed by atoms with Crippen LogP contribution < -0.4 is 10.1 Å². The Hall–Kier alpha value is -2.56. The van der Waals surface area contributed by atoms with Gasteiger partial charge in [-0.05, 0) is 51.2 Å². The van der Waals surface area contributed by atoms with Gasteiger partial charge in [-0.2, -0.15) is 0 Å². The van der Waals surface area contributed by atoms with Gasteiger partial charge in [0.1, 0.15) is 12.4 Å². The first-order valence-electron chi connectivity index (χ1n) is 8.91. The fourth-order valence-electron chi connectivity index (χ4n) is 3.48. The lowest BCUT2D eigenvalue weighted by Crippen LogP contribution is -2.26. The first kappa shape index (κ1) is 15.9. The number of carbonyl (C=O) groups excluding carboxylic acids is 1. The van der Waals surface area contributed by atoms with E-state index in [0.29, 0.717) is 24.6 Å². The van der Waals surface area contributed by atoms with Crippen LogP contribution in [-0.4, -0.2) is 17.6 Å². The quantitative estimate of drug-likeness (QED) is 0.850. The van der Waals surface area contributed by atoms with Gasteiger partial charge in [0.2, 0.25) is 0 Å².